The standard InChI is InChI=1S/C16H26N2O2/c1-6-13(7-2)18-16(19)12(4)17-15-9-8-14(20-5)10-11(15)3/h8-10,12-13,17H,6-7H2,1-5H3,(H,18,19). The summed E-state index contributed by atoms with van der Waals surface area (Å²) < 4.78 is 5.18. The van der Waals surface area contributed by atoms with Crippen molar-refractivity contribution in [2.24, 2.45) is 0 Å². The molecule has 2 N–H and O–H groups in total. The summed E-state index contributed by atoms with van der Waals surface area (Å²) in [6.07, 6.45) is 1.91. The zero-order valence-corrected chi connectivity index (χ0v) is 13.1. The maximum atomic E-state index is 12.1. The summed E-state index contributed by atoms with van der Waals surface area (Å²) in [6.45, 7) is 8.04. The molecule has 0 aliphatic heterocycles. The summed E-state index contributed by atoms with van der Waals surface area (Å²) in [7, 11) is 1.65. The molecular weight excluding hydrogens is 252 g/mol. The van der Waals surface area contributed by atoms with Crippen molar-refractivity contribution in [3.63, 3.8) is 0 Å². The van der Waals surface area contributed by atoms with Gasteiger partial charge in [0.1, 0.15) is 11.8 Å². The average molecular weight is 278 g/mol. The fourth-order valence-electron chi connectivity index (χ4n) is 2.04. The molecule has 4 heteroatoms. The molecule has 1 aromatic rings. The molecule has 1 aromatic carbocycles. The lowest BCUT2D eigenvalue weighted by atomic mass is 10.1. The zero-order chi connectivity index (χ0) is 15.1. The predicted octanol–water partition coefficient (Wildman–Crippen LogP) is 3.11. The van der Waals surface area contributed by atoms with E-state index in [1.165, 1.54) is 0 Å². The van der Waals surface area contributed by atoms with Gasteiger partial charge in [0, 0.05) is 11.7 Å². The van der Waals surface area contributed by atoms with Crippen LogP contribution in [0.4, 0.5) is 5.69 Å². The van der Waals surface area contributed by atoms with E-state index in [1.807, 2.05) is 32.0 Å². The number of amides is 1. The summed E-state index contributed by atoms with van der Waals surface area (Å²) in [5.41, 5.74) is 2.02. The monoisotopic (exact) mass is 278 g/mol. The second-order valence-corrected chi connectivity index (χ2v) is 5.07. The number of ether oxygens (including phenoxy) is 1. The lowest BCUT2D eigenvalue weighted by molar-refractivity contribution is -0.122. The van der Waals surface area contributed by atoms with E-state index in [4.69, 9.17) is 4.74 Å². The van der Waals surface area contributed by atoms with Gasteiger partial charge in [0.25, 0.3) is 0 Å². The van der Waals surface area contributed by atoms with E-state index in [2.05, 4.69) is 24.5 Å². The van der Waals surface area contributed by atoms with Gasteiger partial charge in [-0.05, 0) is 50.5 Å². The number of benzene rings is 1. The van der Waals surface area contributed by atoms with Crippen LogP contribution in [0, 0.1) is 6.92 Å². The number of nitrogens with one attached hydrogen (secondary N) is 2. The molecule has 0 heterocycles. The average Bonchev–Trinajstić information content (AvgIpc) is 2.46. The molecule has 0 aliphatic rings. The number of rotatable bonds is 7. The highest BCUT2D eigenvalue weighted by Crippen LogP contribution is 2.21. The van der Waals surface area contributed by atoms with Crippen molar-refractivity contribution in [3.05, 3.63) is 23.8 Å². The Labute approximate surface area is 121 Å². The van der Waals surface area contributed by atoms with E-state index in [0.717, 1.165) is 29.8 Å². The number of carbonyl (C=O) groups is 1. The van der Waals surface area contributed by atoms with E-state index in [1.54, 1.807) is 7.11 Å². The Hall–Kier alpha value is -1.71. The van der Waals surface area contributed by atoms with Crippen molar-refractivity contribution in [2.45, 2.75) is 52.6 Å². The summed E-state index contributed by atoms with van der Waals surface area (Å²) in [5.74, 6) is 0.858. The van der Waals surface area contributed by atoms with Gasteiger partial charge in [-0.1, -0.05) is 13.8 Å². The SMILES string of the molecule is CCC(CC)NC(=O)C(C)Nc1ccc(OC)cc1C. The molecule has 0 aromatic heterocycles. The van der Waals surface area contributed by atoms with Gasteiger partial charge in [-0.25, -0.2) is 0 Å². The van der Waals surface area contributed by atoms with Gasteiger partial charge in [-0.3, -0.25) is 4.79 Å². The highest BCUT2D eigenvalue weighted by Gasteiger charge is 2.16. The predicted molar refractivity (Wildman–Crippen MR) is 83.3 cm³/mol. The van der Waals surface area contributed by atoms with Crippen LogP contribution >= 0.6 is 0 Å². The van der Waals surface area contributed by atoms with Gasteiger partial charge in [0.15, 0.2) is 0 Å². The first-order valence-electron chi connectivity index (χ1n) is 7.23. The number of hydrogen-bond donors (Lipinski definition) is 2. The highest BCUT2D eigenvalue weighted by atomic mass is 16.5. The molecule has 0 saturated carbocycles. The van der Waals surface area contributed by atoms with Gasteiger partial charge >= 0.3 is 0 Å². The quantitative estimate of drug-likeness (QED) is 0.805. The second-order valence-electron chi connectivity index (χ2n) is 5.07. The molecule has 1 unspecified atom stereocenters. The maximum Gasteiger partial charge on any atom is 0.242 e. The van der Waals surface area contributed by atoms with Crippen molar-refractivity contribution in [1.82, 2.24) is 5.32 Å². The molecular formula is C16H26N2O2. The topological polar surface area (TPSA) is 50.4 Å². The molecule has 0 saturated heterocycles. The molecule has 0 radical (unpaired) electrons. The van der Waals surface area contributed by atoms with Crippen LogP contribution < -0.4 is 15.4 Å². The van der Waals surface area contributed by atoms with E-state index in [0.29, 0.717) is 0 Å². The third-order valence-electron chi connectivity index (χ3n) is 3.53. The Morgan fingerprint density at radius 3 is 2.45 bits per heavy atom. The van der Waals surface area contributed by atoms with Crippen LogP contribution in [0.2, 0.25) is 0 Å². The van der Waals surface area contributed by atoms with Crippen LogP contribution in [-0.2, 0) is 4.79 Å². The van der Waals surface area contributed by atoms with Crippen LogP contribution in [0.5, 0.6) is 5.75 Å². The first kappa shape index (κ1) is 16.3. The van der Waals surface area contributed by atoms with Crippen molar-refractivity contribution in [1.29, 1.82) is 0 Å². The number of aryl methyl sites for hydroxylation is 1. The van der Waals surface area contributed by atoms with Crippen LogP contribution in [0.15, 0.2) is 18.2 Å². The molecule has 0 bridgehead atoms. The molecule has 20 heavy (non-hydrogen) atoms. The molecule has 0 spiro atoms. The second kappa shape index (κ2) is 7.78. The Balaban J connectivity index is 2.65. The minimum Gasteiger partial charge on any atom is -0.497 e. The third kappa shape index (κ3) is 4.44. The van der Waals surface area contributed by atoms with E-state index in [-0.39, 0.29) is 18.0 Å². The van der Waals surface area contributed by atoms with Crippen molar-refractivity contribution in [3.8, 4) is 5.75 Å². The molecule has 1 rings (SSSR count). The van der Waals surface area contributed by atoms with Crippen molar-refractivity contribution in [2.75, 3.05) is 12.4 Å². The molecule has 112 valence electrons. The maximum absolute atomic E-state index is 12.1. The smallest absolute Gasteiger partial charge is 0.242 e. The zero-order valence-electron chi connectivity index (χ0n) is 13.1. The van der Waals surface area contributed by atoms with E-state index in [9.17, 15) is 4.79 Å². The number of carbonyl (C=O) groups excluding carboxylic acids is 1. The summed E-state index contributed by atoms with van der Waals surface area (Å²) >= 11 is 0. The molecule has 0 fully saturated rings. The van der Waals surface area contributed by atoms with E-state index >= 15 is 0 Å². The van der Waals surface area contributed by atoms with E-state index < -0.39 is 0 Å². The number of anilines is 1. The third-order valence-corrected chi connectivity index (χ3v) is 3.53. The van der Waals surface area contributed by atoms with Crippen LogP contribution in [0.25, 0.3) is 0 Å². The van der Waals surface area contributed by atoms with Gasteiger partial charge < -0.3 is 15.4 Å². The van der Waals surface area contributed by atoms with Crippen molar-refractivity contribution >= 4 is 11.6 Å². The molecule has 1 atom stereocenters. The van der Waals surface area contributed by atoms with Gasteiger partial charge in [0.05, 0.1) is 7.11 Å². The molecule has 1 amide bonds. The number of hydrogen-bond acceptors (Lipinski definition) is 3. The Morgan fingerprint density at radius 2 is 1.95 bits per heavy atom. The fourth-order valence-corrected chi connectivity index (χ4v) is 2.04. The molecule has 4 nitrogen and oxygen atoms in total. The lowest BCUT2D eigenvalue weighted by Crippen LogP contribution is -2.42. The Morgan fingerprint density at radius 1 is 1.30 bits per heavy atom. The Bertz CT molecular complexity index is 442. The minimum absolute atomic E-state index is 0.0360. The lowest BCUT2D eigenvalue weighted by Gasteiger charge is -2.21. The van der Waals surface area contributed by atoms with Crippen LogP contribution in [-0.4, -0.2) is 25.1 Å². The normalized spacial score (nSPS) is 12.1. The van der Waals surface area contributed by atoms with Crippen LogP contribution in [0.1, 0.15) is 39.2 Å². The highest BCUT2D eigenvalue weighted by molar-refractivity contribution is 5.84. The first-order chi connectivity index (χ1) is 9.51. The summed E-state index contributed by atoms with van der Waals surface area (Å²) in [4.78, 5) is 12.1. The Kier molecular flexibility index (Phi) is 6.36. The summed E-state index contributed by atoms with van der Waals surface area (Å²) in [5, 5.41) is 6.30. The number of methoxy groups -OCH3 is 1. The van der Waals surface area contributed by atoms with Gasteiger partial charge in [-0.2, -0.15) is 0 Å². The first-order valence-corrected chi connectivity index (χ1v) is 7.23. The molecule has 0 aliphatic carbocycles. The van der Waals surface area contributed by atoms with Crippen LogP contribution in [0.3, 0.4) is 0 Å². The largest absolute Gasteiger partial charge is 0.497 e. The fraction of sp³-hybridized carbons (Fsp3) is 0.562. The minimum atomic E-state index is -0.261. The summed E-state index contributed by atoms with van der Waals surface area (Å²) in [6, 6.07) is 5.77. The van der Waals surface area contributed by atoms with Crippen molar-refractivity contribution < 1.29 is 9.53 Å². The van der Waals surface area contributed by atoms with Gasteiger partial charge in [-0.15, -0.1) is 0 Å². The van der Waals surface area contributed by atoms with Gasteiger partial charge in [0.2, 0.25) is 5.91 Å².